The maximum Gasteiger partial charge on any atom is 0.231 e. The van der Waals surface area contributed by atoms with E-state index in [2.05, 4.69) is 36.5 Å². The summed E-state index contributed by atoms with van der Waals surface area (Å²) in [5, 5.41) is 3.34. The highest BCUT2D eigenvalue weighted by atomic mass is 16.7. The smallest absolute Gasteiger partial charge is 0.231 e. The van der Waals surface area contributed by atoms with Crippen LogP contribution in [-0.2, 0) is 0 Å². The van der Waals surface area contributed by atoms with Crippen LogP contribution in [-0.4, -0.2) is 20.4 Å². The standard InChI is InChI=1S/C18H21NO3/c1-13-3-5-14(6-4-13)16(19-2)9-10-20-15-7-8-17-18(11-15)22-12-21-17/h3-8,11,16,19H,9-10,12H2,1-2H3. The van der Waals surface area contributed by atoms with Crippen molar-refractivity contribution >= 4 is 0 Å². The van der Waals surface area contributed by atoms with Gasteiger partial charge < -0.3 is 19.5 Å². The van der Waals surface area contributed by atoms with Crippen LogP contribution in [0.4, 0.5) is 0 Å². The Balaban J connectivity index is 1.56. The first-order valence-electron chi connectivity index (χ1n) is 7.52. The molecule has 0 amide bonds. The van der Waals surface area contributed by atoms with E-state index in [1.807, 2.05) is 25.2 Å². The monoisotopic (exact) mass is 299 g/mol. The van der Waals surface area contributed by atoms with E-state index in [0.717, 1.165) is 23.7 Å². The topological polar surface area (TPSA) is 39.7 Å². The molecule has 1 heterocycles. The van der Waals surface area contributed by atoms with Crippen molar-refractivity contribution in [2.45, 2.75) is 19.4 Å². The van der Waals surface area contributed by atoms with Crippen LogP contribution in [0.1, 0.15) is 23.6 Å². The van der Waals surface area contributed by atoms with Gasteiger partial charge in [-0.3, -0.25) is 0 Å². The molecule has 0 radical (unpaired) electrons. The van der Waals surface area contributed by atoms with Gasteiger partial charge in [0.25, 0.3) is 0 Å². The summed E-state index contributed by atoms with van der Waals surface area (Å²) >= 11 is 0. The number of hydrogen-bond donors (Lipinski definition) is 1. The third-order valence-electron chi connectivity index (χ3n) is 3.85. The molecule has 0 bridgehead atoms. The minimum Gasteiger partial charge on any atom is -0.493 e. The molecule has 0 aromatic heterocycles. The maximum absolute atomic E-state index is 5.83. The second-order valence-electron chi connectivity index (χ2n) is 5.40. The third kappa shape index (κ3) is 3.34. The van der Waals surface area contributed by atoms with Crippen LogP contribution in [0.3, 0.4) is 0 Å². The van der Waals surface area contributed by atoms with Gasteiger partial charge in [-0.1, -0.05) is 29.8 Å². The van der Waals surface area contributed by atoms with E-state index in [9.17, 15) is 0 Å². The highest BCUT2D eigenvalue weighted by molar-refractivity contribution is 5.46. The van der Waals surface area contributed by atoms with Gasteiger partial charge in [0.15, 0.2) is 11.5 Å². The van der Waals surface area contributed by atoms with Gasteiger partial charge in [-0.05, 0) is 31.7 Å². The number of aryl methyl sites for hydroxylation is 1. The predicted molar refractivity (Wildman–Crippen MR) is 85.7 cm³/mol. The van der Waals surface area contributed by atoms with Gasteiger partial charge in [0.2, 0.25) is 6.79 Å². The Bertz CT molecular complexity index is 625. The van der Waals surface area contributed by atoms with Crippen LogP contribution >= 0.6 is 0 Å². The first kappa shape index (κ1) is 14.7. The van der Waals surface area contributed by atoms with Gasteiger partial charge in [0.1, 0.15) is 5.75 Å². The van der Waals surface area contributed by atoms with Crippen molar-refractivity contribution in [3.05, 3.63) is 53.6 Å². The highest BCUT2D eigenvalue weighted by Crippen LogP contribution is 2.35. The summed E-state index contributed by atoms with van der Waals surface area (Å²) in [4.78, 5) is 0. The van der Waals surface area contributed by atoms with Crippen molar-refractivity contribution in [3.63, 3.8) is 0 Å². The molecule has 1 N–H and O–H groups in total. The Hall–Kier alpha value is -2.20. The van der Waals surface area contributed by atoms with Crippen LogP contribution in [0.25, 0.3) is 0 Å². The second-order valence-corrected chi connectivity index (χ2v) is 5.40. The number of hydrogen-bond acceptors (Lipinski definition) is 4. The molecule has 116 valence electrons. The van der Waals surface area contributed by atoms with Crippen molar-refractivity contribution < 1.29 is 14.2 Å². The first-order chi connectivity index (χ1) is 10.8. The zero-order valence-corrected chi connectivity index (χ0v) is 13.0. The normalized spacial score (nSPS) is 13.9. The largest absolute Gasteiger partial charge is 0.493 e. The van der Waals surface area contributed by atoms with Gasteiger partial charge >= 0.3 is 0 Å². The third-order valence-corrected chi connectivity index (χ3v) is 3.85. The van der Waals surface area contributed by atoms with E-state index in [1.165, 1.54) is 11.1 Å². The Morgan fingerprint density at radius 3 is 2.64 bits per heavy atom. The molecule has 4 heteroatoms. The van der Waals surface area contributed by atoms with Crippen LogP contribution in [0.2, 0.25) is 0 Å². The molecule has 2 aromatic carbocycles. The summed E-state index contributed by atoms with van der Waals surface area (Å²) in [5.74, 6) is 2.34. The maximum atomic E-state index is 5.83. The van der Waals surface area contributed by atoms with E-state index in [-0.39, 0.29) is 12.8 Å². The molecule has 0 fully saturated rings. The molecule has 2 aromatic rings. The van der Waals surface area contributed by atoms with E-state index in [0.29, 0.717) is 6.61 Å². The zero-order chi connectivity index (χ0) is 15.4. The van der Waals surface area contributed by atoms with Crippen LogP contribution in [0.15, 0.2) is 42.5 Å². The van der Waals surface area contributed by atoms with Crippen molar-refractivity contribution in [3.8, 4) is 17.2 Å². The Morgan fingerprint density at radius 1 is 1.09 bits per heavy atom. The van der Waals surface area contributed by atoms with Crippen LogP contribution in [0.5, 0.6) is 17.2 Å². The van der Waals surface area contributed by atoms with Gasteiger partial charge in [-0.25, -0.2) is 0 Å². The molecule has 1 atom stereocenters. The fraction of sp³-hybridized carbons (Fsp3) is 0.333. The summed E-state index contributed by atoms with van der Waals surface area (Å²) in [6.07, 6.45) is 0.897. The van der Waals surface area contributed by atoms with Gasteiger partial charge in [-0.2, -0.15) is 0 Å². The number of fused-ring (bicyclic) bond motifs is 1. The van der Waals surface area contributed by atoms with Gasteiger partial charge in [0.05, 0.1) is 6.61 Å². The molecule has 3 rings (SSSR count). The fourth-order valence-electron chi connectivity index (χ4n) is 2.54. The summed E-state index contributed by atoms with van der Waals surface area (Å²) in [6.45, 7) is 3.02. The van der Waals surface area contributed by atoms with Crippen molar-refractivity contribution in [2.24, 2.45) is 0 Å². The first-order valence-corrected chi connectivity index (χ1v) is 7.52. The zero-order valence-electron chi connectivity index (χ0n) is 13.0. The highest BCUT2D eigenvalue weighted by Gasteiger charge is 2.14. The summed E-state index contributed by atoms with van der Waals surface area (Å²) < 4.78 is 16.5. The van der Waals surface area contributed by atoms with E-state index in [4.69, 9.17) is 14.2 Å². The molecule has 1 aliphatic rings. The number of benzene rings is 2. The summed E-state index contributed by atoms with van der Waals surface area (Å²) in [7, 11) is 1.98. The molecule has 1 aliphatic heterocycles. The number of nitrogens with one attached hydrogen (secondary N) is 1. The summed E-state index contributed by atoms with van der Waals surface area (Å²) in [6, 6.07) is 14.6. The molecule has 0 aliphatic carbocycles. The van der Waals surface area contributed by atoms with E-state index >= 15 is 0 Å². The average molecular weight is 299 g/mol. The molecule has 22 heavy (non-hydrogen) atoms. The predicted octanol–water partition coefficient (Wildman–Crippen LogP) is 3.45. The SMILES string of the molecule is CNC(CCOc1ccc2c(c1)OCO2)c1ccc(C)cc1. The molecule has 0 spiro atoms. The molecule has 1 unspecified atom stereocenters. The molecule has 0 saturated carbocycles. The number of ether oxygens (including phenoxy) is 3. The molecular formula is C18H21NO3. The van der Waals surface area contributed by atoms with E-state index in [1.54, 1.807) is 0 Å². The lowest BCUT2D eigenvalue weighted by molar-refractivity contribution is 0.173. The molecular weight excluding hydrogens is 278 g/mol. The quantitative estimate of drug-likeness (QED) is 0.887. The lowest BCUT2D eigenvalue weighted by Crippen LogP contribution is -2.19. The Morgan fingerprint density at radius 2 is 1.86 bits per heavy atom. The molecule has 4 nitrogen and oxygen atoms in total. The van der Waals surface area contributed by atoms with Crippen molar-refractivity contribution in [1.82, 2.24) is 5.32 Å². The second kappa shape index (κ2) is 6.71. The fourth-order valence-corrected chi connectivity index (χ4v) is 2.54. The minimum atomic E-state index is 0.286. The lowest BCUT2D eigenvalue weighted by Gasteiger charge is -2.17. The van der Waals surface area contributed by atoms with Crippen LogP contribution in [0, 0.1) is 6.92 Å². The van der Waals surface area contributed by atoms with Gasteiger partial charge in [-0.15, -0.1) is 0 Å². The average Bonchev–Trinajstić information content (AvgIpc) is 3.00. The Labute approximate surface area is 131 Å². The van der Waals surface area contributed by atoms with Gasteiger partial charge in [0, 0.05) is 18.5 Å². The minimum absolute atomic E-state index is 0.286. The number of rotatable bonds is 6. The van der Waals surface area contributed by atoms with Crippen molar-refractivity contribution in [1.29, 1.82) is 0 Å². The van der Waals surface area contributed by atoms with Crippen molar-refractivity contribution in [2.75, 3.05) is 20.4 Å². The lowest BCUT2D eigenvalue weighted by atomic mass is 10.0. The summed E-state index contributed by atoms with van der Waals surface area (Å²) in [5.41, 5.74) is 2.55. The molecule has 0 saturated heterocycles. The van der Waals surface area contributed by atoms with E-state index < -0.39 is 0 Å². The van der Waals surface area contributed by atoms with Crippen LogP contribution < -0.4 is 19.5 Å². The Kier molecular flexibility index (Phi) is 4.49.